The second-order valence-electron chi connectivity index (χ2n) is 6.25. The van der Waals surface area contributed by atoms with Gasteiger partial charge in [-0.05, 0) is 20.9 Å². The number of nitrogens with zero attached hydrogens (tertiary/aromatic N) is 2. The molecule has 88 valence electrons. The van der Waals surface area contributed by atoms with Crippen LogP contribution in [0.3, 0.4) is 0 Å². The molecule has 0 saturated carbocycles. The molecule has 0 radical (unpaired) electrons. The first-order chi connectivity index (χ1) is 6.64. The zero-order valence-corrected chi connectivity index (χ0v) is 11.0. The summed E-state index contributed by atoms with van der Waals surface area (Å²) in [7, 11) is 2.16. The third kappa shape index (κ3) is 2.71. The largest absolute Gasteiger partial charge is 0.357 e. The van der Waals surface area contributed by atoms with Crippen LogP contribution >= 0.6 is 0 Å². The van der Waals surface area contributed by atoms with E-state index in [-0.39, 0.29) is 11.0 Å². The molecule has 1 rings (SSSR count). The van der Waals surface area contributed by atoms with Crippen LogP contribution in [0, 0.1) is 10.8 Å². The Kier molecular flexibility index (Phi) is 3.15. The Hall–Kier alpha value is -0.570. The molecular weight excluding hydrogens is 186 g/mol. The summed E-state index contributed by atoms with van der Waals surface area (Å²) < 4.78 is 0. The van der Waals surface area contributed by atoms with Crippen molar-refractivity contribution in [3.63, 3.8) is 0 Å². The van der Waals surface area contributed by atoms with Gasteiger partial charge < -0.3 is 4.90 Å². The van der Waals surface area contributed by atoms with Crippen molar-refractivity contribution in [3.05, 3.63) is 0 Å². The van der Waals surface area contributed by atoms with Crippen molar-refractivity contribution in [2.24, 2.45) is 5.41 Å². The fraction of sp³-hybridized carbons (Fsp3) is 0.917. The molecule has 3 heteroatoms. The molecule has 1 heterocycles. The van der Waals surface area contributed by atoms with Crippen LogP contribution in [-0.4, -0.2) is 47.9 Å². The fourth-order valence-corrected chi connectivity index (χ4v) is 1.91. The van der Waals surface area contributed by atoms with Crippen LogP contribution in [-0.2, 0) is 0 Å². The molecule has 0 aliphatic carbocycles. The van der Waals surface area contributed by atoms with Gasteiger partial charge in [-0.1, -0.05) is 20.8 Å². The lowest BCUT2D eigenvalue weighted by Gasteiger charge is -2.47. The summed E-state index contributed by atoms with van der Waals surface area (Å²) in [4.78, 5) is 4.60. The van der Waals surface area contributed by atoms with E-state index >= 15 is 0 Å². The van der Waals surface area contributed by atoms with Gasteiger partial charge in [0.2, 0.25) is 0 Å². The average Bonchev–Trinajstić information content (AvgIpc) is 2.07. The number of rotatable bonds is 0. The quantitative estimate of drug-likeness (QED) is 0.491. The molecule has 0 aromatic heterocycles. The number of hydrogen-bond acceptors (Lipinski definition) is 2. The monoisotopic (exact) mass is 211 g/mol. The Morgan fingerprint density at radius 2 is 1.73 bits per heavy atom. The van der Waals surface area contributed by atoms with Crippen LogP contribution < -0.4 is 0 Å². The van der Waals surface area contributed by atoms with E-state index in [1.807, 2.05) is 0 Å². The van der Waals surface area contributed by atoms with E-state index < -0.39 is 0 Å². The van der Waals surface area contributed by atoms with E-state index in [1.165, 1.54) is 0 Å². The lowest BCUT2D eigenvalue weighted by molar-refractivity contribution is 0.0699. The van der Waals surface area contributed by atoms with E-state index in [2.05, 4.69) is 51.5 Å². The third-order valence-corrected chi connectivity index (χ3v) is 3.34. The second kappa shape index (κ2) is 3.78. The van der Waals surface area contributed by atoms with Crippen molar-refractivity contribution in [3.8, 4) is 0 Å². The van der Waals surface area contributed by atoms with Crippen LogP contribution in [0.5, 0.6) is 0 Å². The molecule has 1 aliphatic rings. The van der Waals surface area contributed by atoms with Gasteiger partial charge in [-0.3, -0.25) is 10.3 Å². The number of nitrogens with one attached hydrogen (secondary N) is 1. The van der Waals surface area contributed by atoms with Crippen molar-refractivity contribution in [1.82, 2.24) is 9.80 Å². The predicted molar refractivity (Wildman–Crippen MR) is 65.5 cm³/mol. The van der Waals surface area contributed by atoms with Crippen molar-refractivity contribution in [2.75, 3.05) is 26.7 Å². The minimum atomic E-state index is -0.0357. The molecular formula is C12H25N3. The van der Waals surface area contributed by atoms with E-state index in [1.54, 1.807) is 0 Å². The maximum atomic E-state index is 8.18. The SMILES string of the molecule is CN1CCN(C(=N)C(C)(C)C)CC1(C)C. The highest BCUT2D eigenvalue weighted by Gasteiger charge is 2.34. The van der Waals surface area contributed by atoms with Crippen LogP contribution in [0.4, 0.5) is 0 Å². The van der Waals surface area contributed by atoms with Gasteiger partial charge >= 0.3 is 0 Å². The van der Waals surface area contributed by atoms with E-state index in [4.69, 9.17) is 5.41 Å². The molecule has 0 aromatic rings. The predicted octanol–water partition coefficient (Wildman–Crippen LogP) is 2.04. The summed E-state index contributed by atoms with van der Waals surface area (Å²) in [6, 6.07) is 0. The standard InChI is InChI=1S/C12H25N3/c1-11(2,3)10(13)15-8-7-14(6)12(4,5)9-15/h13H,7-9H2,1-6H3. The molecule has 15 heavy (non-hydrogen) atoms. The topological polar surface area (TPSA) is 30.3 Å². The maximum absolute atomic E-state index is 8.18. The highest BCUT2D eigenvalue weighted by Crippen LogP contribution is 2.24. The third-order valence-electron chi connectivity index (χ3n) is 3.34. The van der Waals surface area contributed by atoms with Crippen LogP contribution in [0.1, 0.15) is 34.6 Å². The minimum absolute atomic E-state index is 0.0357. The first-order valence-electron chi connectivity index (χ1n) is 5.70. The van der Waals surface area contributed by atoms with Crippen molar-refractivity contribution in [2.45, 2.75) is 40.2 Å². The summed E-state index contributed by atoms with van der Waals surface area (Å²) in [5.41, 5.74) is 0.141. The molecule has 1 aliphatic heterocycles. The maximum Gasteiger partial charge on any atom is 0.101 e. The second-order valence-corrected chi connectivity index (χ2v) is 6.25. The molecule has 0 unspecified atom stereocenters. The smallest absolute Gasteiger partial charge is 0.101 e. The Balaban J connectivity index is 2.72. The van der Waals surface area contributed by atoms with E-state index in [9.17, 15) is 0 Å². The van der Waals surface area contributed by atoms with Gasteiger partial charge in [0.1, 0.15) is 5.84 Å². The number of likely N-dealkylation sites (N-methyl/N-ethyl adjacent to an activating group) is 1. The lowest BCUT2D eigenvalue weighted by atomic mass is 9.91. The zero-order valence-electron chi connectivity index (χ0n) is 11.0. The zero-order chi connectivity index (χ0) is 11.9. The molecule has 0 atom stereocenters. The van der Waals surface area contributed by atoms with E-state index in [0.29, 0.717) is 0 Å². The lowest BCUT2D eigenvalue weighted by Crippen LogP contribution is -2.60. The van der Waals surface area contributed by atoms with E-state index in [0.717, 1.165) is 25.5 Å². The van der Waals surface area contributed by atoms with Crippen molar-refractivity contribution in [1.29, 1.82) is 5.41 Å². The first kappa shape index (κ1) is 12.5. The first-order valence-corrected chi connectivity index (χ1v) is 5.70. The number of hydrogen-bond donors (Lipinski definition) is 1. The van der Waals surface area contributed by atoms with Gasteiger partial charge in [0.25, 0.3) is 0 Å². The summed E-state index contributed by atoms with van der Waals surface area (Å²) in [5.74, 6) is 0.767. The highest BCUT2D eigenvalue weighted by atomic mass is 15.3. The van der Waals surface area contributed by atoms with Crippen LogP contribution in [0.25, 0.3) is 0 Å². The molecule has 3 nitrogen and oxygen atoms in total. The van der Waals surface area contributed by atoms with Gasteiger partial charge in [-0.25, -0.2) is 0 Å². The Labute approximate surface area is 94.0 Å². The summed E-state index contributed by atoms with van der Waals surface area (Å²) in [5, 5.41) is 8.18. The van der Waals surface area contributed by atoms with Crippen LogP contribution in [0.2, 0.25) is 0 Å². The van der Waals surface area contributed by atoms with Gasteiger partial charge in [0, 0.05) is 30.6 Å². The minimum Gasteiger partial charge on any atom is -0.357 e. The molecule has 0 bridgehead atoms. The Morgan fingerprint density at radius 1 is 1.20 bits per heavy atom. The Morgan fingerprint density at radius 3 is 2.13 bits per heavy atom. The molecule has 1 saturated heterocycles. The van der Waals surface area contributed by atoms with Gasteiger partial charge in [0.15, 0.2) is 0 Å². The van der Waals surface area contributed by atoms with Gasteiger partial charge in [-0.2, -0.15) is 0 Å². The van der Waals surface area contributed by atoms with Gasteiger partial charge in [0.05, 0.1) is 0 Å². The summed E-state index contributed by atoms with van der Waals surface area (Å²) in [6.07, 6.45) is 0. The van der Waals surface area contributed by atoms with Crippen LogP contribution in [0.15, 0.2) is 0 Å². The molecule has 1 fully saturated rings. The molecule has 1 N–H and O–H groups in total. The summed E-state index contributed by atoms with van der Waals surface area (Å²) >= 11 is 0. The molecule has 0 aromatic carbocycles. The Bertz CT molecular complexity index is 250. The highest BCUT2D eigenvalue weighted by molar-refractivity contribution is 5.84. The van der Waals surface area contributed by atoms with Gasteiger partial charge in [-0.15, -0.1) is 0 Å². The van der Waals surface area contributed by atoms with Crippen molar-refractivity contribution < 1.29 is 0 Å². The number of piperazine rings is 1. The number of amidine groups is 1. The van der Waals surface area contributed by atoms with Crippen molar-refractivity contribution >= 4 is 5.84 Å². The fourth-order valence-electron chi connectivity index (χ4n) is 1.91. The molecule has 0 spiro atoms. The average molecular weight is 211 g/mol. The normalized spacial score (nSPS) is 22.9. The summed E-state index contributed by atoms with van der Waals surface area (Å²) in [6.45, 7) is 13.8. The molecule has 0 amide bonds.